The van der Waals surface area contributed by atoms with Crippen LogP contribution in [0.25, 0.3) is 0 Å². The van der Waals surface area contributed by atoms with Gasteiger partial charge in [-0.25, -0.2) is 0 Å². The molecule has 0 radical (unpaired) electrons. The summed E-state index contributed by atoms with van der Waals surface area (Å²) in [7, 11) is 0. The molecule has 1 saturated heterocycles. The topological polar surface area (TPSA) is 20.3 Å². The molecule has 0 spiro atoms. The third-order valence-electron chi connectivity index (χ3n) is 3.26. The van der Waals surface area contributed by atoms with Gasteiger partial charge in [-0.05, 0) is 30.5 Å². The Balaban J connectivity index is 2.34. The lowest BCUT2D eigenvalue weighted by atomic mass is 10.1. The van der Waals surface area contributed by atoms with E-state index in [9.17, 15) is 18.0 Å². The molecule has 0 aromatic heterocycles. The molecule has 19 heavy (non-hydrogen) atoms. The van der Waals surface area contributed by atoms with Crippen molar-refractivity contribution in [2.24, 2.45) is 5.92 Å². The van der Waals surface area contributed by atoms with Crippen molar-refractivity contribution in [3.8, 4) is 0 Å². The minimum atomic E-state index is -4.41. The van der Waals surface area contributed by atoms with Gasteiger partial charge in [0, 0.05) is 24.5 Å². The molecule has 1 aromatic rings. The van der Waals surface area contributed by atoms with Crippen LogP contribution >= 0.6 is 11.6 Å². The summed E-state index contributed by atoms with van der Waals surface area (Å²) >= 11 is 5.70. The Morgan fingerprint density at radius 3 is 2.63 bits per heavy atom. The van der Waals surface area contributed by atoms with Crippen molar-refractivity contribution in [2.75, 3.05) is 17.3 Å². The first-order valence-electron chi connectivity index (χ1n) is 5.87. The van der Waals surface area contributed by atoms with E-state index in [1.165, 1.54) is 17.9 Å². The highest BCUT2D eigenvalue weighted by atomic mass is 35.5. The van der Waals surface area contributed by atoms with E-state index in [4.69, 9.17) is 11.6 Å². The fourth-order valence-corrected chi connectivity index (χ4v) is 2.42. The van der Waals surface area contributed by atoms with E-state index in [2.05, 4.69) is 0 Å². The number of nitrogens with zero attached hydrogens (tertiary/aromatic N) is 1. The van der Waals surface area contributed by atoms with E-state index in [1.54, 1.807) is 6.07 Å². The average Bonchev–Trinajstić information content (AvgIpc) is 2.70. The summed E-state index contributed by atoms with van der Waals surface area (Å²) in [4.78, 5) is 13.2. The number of anilines is 1. The number of carbonyl (C=O) groups is 1. The van der Waals surface area contributed by atoms with E-state index < -0.39 is 11.7 Å². The minimum Gasteiger partial charge on any atom is -0.312 e. The molecule has 6 heteroatoms. The maximum atomic E-state index is 12.8. The molecular weight excluding hydrogens is 279 g/mol. The average molecular weight is 292 g/mol. The van der Waals surface area contributed by atoms with Gasteiger partial charge < -0.3 is 4.90 Å². The number of halogens is 4. The van der Waals surface area contributed by atoms with Crippen LogP contribution in [0.2, 0.25) is 0 Å². The van der Waals surface area contributed by atoms with Crippen LogP contribution in [0.1, 0.15) is 17.5 Å². The van der Waals surface area contributed by atoms with E-state index in [1.807, 2.05) is 0 Å². The number of hydrogen-bond donors (Lipinski definition) is 0. The van der Waals surface area contributed by atoms with Gasteiger partial charge in [0.1, 0.15) is 0 Å². The Labute approximate surface area is 114 Å². The van der Waals surface area contributed by atoms with Crippen LogP contribution < -0.4 is 4.90 Å². The van der Waals surface area contributed by atoms with Crippen molar-refractivity contribution in [2.45, 2.75) is 19.5 Å². The molecule has 0 bridgehead atoms. The first-order chi connectivity index (χ1) is 8.82. The molecule has 1 fully saturated rings. The SMILES string of the molecule is Cc1ccc(N2CC(CCl)CC2=O)cc1C(F)(F)F. The van der Waals surface area contributed by atoms with Crippen molar-refractivity contribution in [3.05, 3.63) is 29.3 Å². The highest BCUT2D eigenvalue weighted by Crippen LogP contribution is 2.35. The zero-order valence-corrected chi connectivity index (χ0v) is 11.1. The quantitative estimate of drug-likeness (QED) is 0.762. The summed E-state index contributed by atoms with van der Waals surface area (Å²) in [5, 5.41) is 0. The summed E-state index contributed by atoms with van der Waals surface area (Å²) in [6, 6.07) is 3.96. The van der Waals surface area contributed by atoms with E-state index in [-0.39, 0.29) is 23.1 Å². The van der Waals surface area contributed by atoms with Crippen LogP contribution in [0.4, 0.5) is 18.9 Å². The number of aryl methyl sites for hydroxylation is 1. The normalized spacial score (nSPS) is 20.2. The Morgan fingerprint density at radius 2 is 2.11 bits per heavy atom. The monoisotopic (exact) mass is 291 g/mol. The molecule has 1 aromatic carbocycles. The predicted molar refractivity (Wildman–Crippen MR) is 67.4 cm³/mol. The second-order valence-electron chi connectivity index (χ2n) is 4.73. The van der Waals surface area contributed by atoms with Gasteiger partial charge in [-0.2, -0.15) is 13.2 Å². The van der Waals surface area contributed by atoms with Crippen LogP contribution in [-0.2, 0) is 11.0 Å². The molecule has 0 aliphatic carbocycles. The Morgan fingerprint density at radius 1 is 1.42 bits per heavy atom. The molecular formula is C13H13ClF3NO. The van der Waals surface area contributed by atoms with Crippen molar-refractivity contribution in [1.82, 2.24) is 0 Å². The molecule has 1 amide bonds. The summed E-state index contributed by atoms with van der Waals surface area (Å²) in [6.45, 7) is 1.78. The lowest BCUT2D eigenvalue weighted by Crippen LogP contribution is -2.25. The molecule has 1 aliphatic rings. The van der Waals surface area contributed by atoms with Gasteiger partial charge in [0.2, 0.25) is 5.91 Å². The second kappa shape index (κ2) is 5.04. The van der Waals surface area contributed by atoms with Crippen LogP contribution in [0.5, 0.6) is 0 Å². The van der Waals surface area contributed by atoms with Gasteiger partial charge in [0.15, 0.2) is 0 Å². The Kier molecular flexibility index (Phi) is 3.76. The highest BCUT2D eigenvalue weighted by molar-refractivity contribution is 6.18. The molecule has 1 atom stereocenters. The maximum absolute atomic E-state index is 12.8. The third-order valence-corrected chi connectivity index (χ3v) is 3.70. The van der Waals surface area contributed by atoms with E-state index in [0.717, 1.165) is 6.07 Å². The summed E-state index contributed by atoms with van der Waals surface area (Å²) < 4.78 is 38.5. The van der Waals surface area contributed by atoms with Gasteiger partial charge in [0.25, 0.3) is 0 Å². The Hall–Kier alpha value is -1.23. The minimum absolute atomic E-state index is 0.00445. The third kappa shape index (κ3) is 2.86. The number of hydrogen-bond acceptors (Lipinski definition) is 1. The second-order valence-corrected chi connectivity index (χ2v) is 5.03. The van der Waals surface area contributed by atoms with Crippen LogP contribution in [-0.4, -0.2) is 18.3 Å². The Bertz CT molecular complexity index is 501. The summed E-state index contributed by atoms with van der Waals surface area (Å²) in [5.74, 6) is 0.160. The number of alkyl halides is 4. The first kappa shape index (κ1) is 14.2. The van der Waals surface area contributed by atoms with Crippen LogP contribution in [0, 0.1) is 12.8 Å². The van der Waals surface area contributed by atoms with Crippen molar-refractivity contribution >= 4 is 23.2 Å². The smallest absolute Gasteiger partial charge is 0.312 e. The molecule has 1 heterocycles. The summed E-state index contributed by atoms with van der Waals surface area (Å²) in [6.07, 6.45) is -4.12. The van der Waals surface area contributed by atoms with Gasteiger partial charge >= 0.3 is 6.18 Å². The molecule has 0 saturated carbocycles. The molecule has 0 N–H and O–H groups in total. The predicted octanol–water partition coefficient (Wildman–Crippen LogP) is 3.61. The van der Waals surface area contributed by atoms with Gasteiger partial charge in [-0.1, -0.05) is 6.07 Å². The van der Waals surface area contributed by atoms with Crippen molar-refractivity contribution < 1.29 is 18.0 Å². The van der Waals surface area contributed by atoms with E-state index >= 15 is 0 Å². The van der Waals surface area contributed by atoms with Crippen LogP contribution in [0.15, 0.2) is 18.2 Å². The number of carbonyl (C=O) groups excluding carboxylic acids is 1. The fraction of sp³-hybridized carbons (Fsp3) is 0.462. The van der Waals surface area contributed by atoms with Gasteiger partial charge in [0.05, 0.1) is 5.56 Å². The van der Waals surface area contributed by atoms with E-state index in [0.29, 0.717) is 18.8 Å². The van der Waals surface area contributed by atoms with Gasteiger partial charge in [-0.15, -0.1) is 11.6 Å². The number of amides is 1. The zero-order valence-electron chi connectivity index (χ0n) is 10.3. The standard InChI is InChI=1S/C13H13ClF3NO/c1-8-2-3-10(5-11(8)13(15,16)17)18-7-9(6-14)4-12(18)19/h2-3,5,9H,4,6-7H2,1H3. The number of benzene rings is 1. The zero-order chi connectivity index (χ0) is 14.2. The largest absolute Gasteiger partial charge is 0.416 e. The molecule has 2 nitrogen and oxygen atoms in total. The number of rotatable bonds is 2. The maximum Gasteiger partial charge on any atom is 0.416 e. The lowest BCUT2D eigenvalue weighted by Gasteiger charge is -2.19. The highest BCUT2D eigenvalue weighted by Gasteiger charge is 2.35. The van der Waals surface area contributed by atoms with Crippen LogP contribution in [0.3, 0.4) is 0 Å². The molecule has 2 rings (SSSR count). The van der Waals surface area contributed by atoms with Crippen molar-refractivity contribution in [3.63, 3.8) is 0 Å². The van der Waals surface area contributed by atoms with Gasteiger partial charge in [-0.3, -0.25) is 4.79 Å². The van der Waals surface area contributed by atoms with Crippen molar-refractivity contribution in [1.29, 1.82) is 0 Å². The lowest BCUT2D eigenvalue weighted by molar-refractivity contribution is -0.138. The molecule has 1 aliphatic heterocycles. The first-order valence-corrected chi connectivity index (χ1v) is 6.40. The molecule has 1 unspecified atom stereocenters. The summed E-state index contributed by atoms with van der Waals surface area (Å²) in [5.41, 5.74) is -0.264. The fourth-order valence-electron chi connectivity index (χ4n) is 2.22. The molecule has 104 valence electrons.